The largest absolute Gasteiger partial charge is 0.478 e. The van der Waals surface area contributed by atoms with Crippen LogP contribution in [0.3, 0.4) is 0 Å². The molecule has 146 valence electrons. The van der Waals surface area contributed by atoms with E-state index in [4.69, 9.17) is 0 Å². The standard InChI is InChI=1S/C21H17N3O4S/c1-14-6-11-17(12-18(14)21(25)26)29(27,28)23-15-7-9-16(10-8-15)24-13-22-19-4-2-3-5-20(19)24/h2-13,23H,1H3,(H,25,26). The molecule has 0 unspecified atom stereocenters. The normalized spacial score (nSPS) is 11.5. The predicted molar refractivity (Wildman–Crippen MR) is 110 cm³/mol. The van der Waals surface area contributed by atoms with Crippen molar-refractivity contribution in [3.05, 3.63) is 84.2 Å². The molecule has 0 radical (unpaired) electrons. The van der Waals surface area contributed by atoms with Crippen LogP contribution < -0.4 is 4.72 Å². The molecular weight excluding hydrogens is 390 g/mol. The Bertz CT molecular complexity index is 1330. The molecule has 2 N–H and O–H groups in total. The lowest BCUT2D eigenvalue weighted by Gasteiger charge is -2.11. The molecule has 0 bridgehead atoms. The number of anilines is 1. The van der Waals surface area contributed by atoms with Crippen molar-refractivity contribution in [1.29, 1.82) is 0 Å². The fourth-order valence-corrected chi connectivity index (χ4v) is 4.15. The van der Waals surface area contributed by atoms with Gasteiger partial charge in [0.1, 0.15) is 6.33 Å². The van der Waals surface area contributed by atoms with E-state index in [9.17, 15) is 18.3 Å². The quantitative estimate of drug-likeness (QED) is 0.524. The molecule has 8 heteroatoms. The summed E-state index contributed by atoms with van der Waals surface area (Å²) in [5.74, 6) is -1.17. The SMILES string of the molecule is Cc1ccc(S(=O)(=O)Nc2ccc(-n3cnc4ccccc43)cc2)cc1C(=O)O. The number of sulfonamides is 1. The van der Waals surface area contributed by atoms with Gasteiger partial charge in [-0.15, -0.1) is 0 Å². The number of nitrogens with zero attached hydrogens (tertiary/aromatic N) is 2. The fourth-order valence-electron chi connectivity index (χ4n) is 3.07. The maximum absolute atomic E-state index is 12.7. The molecule has 1 heterocycles. The fraction of sp³-hybridized carbons (Fsp3) is 0.0476. The van der Waals surface area contributed by atoms with Crippen LogP contribution in [0.2, 0.25) is 0 Å². The first-order valence-electron chi connectivity index (χ1n) is 8.74. The van der Waals surface area contributed by atoms with E-state index in [2.05, 4.69) is 9.71 Å². The van der Waals surface area contributed by atoms with Crippen LogP contribution in [-0.2, 0) is 10.0 Å². The van der Waals surface area contributed by atoms with Crippen LogP contribution in [0.1, 0.15) is 15.9 Å². The second-order valence-electron chi connectivity index (χ2n) is 6.54. The highest BCUT2D eigenvalue weighted by Gasteiger charge is 2.18. The van der Waals surface area contributed by atoms with Gasteiger partial charge in [0.25, 0.3) is 10.0 Å². The third-order valence-corrected chi connectivity index (χ3v) is 5.98. The van der Waals surface area contributed by atoms with Crippen molar-refractivity contribution in [2.75, 3.05) is 4.72 Å². The topological polar surface area (TPSA) is 101 Å². The summed E-state index contributed by atoms with van der Waals surface area (Å²) >= 11 is 0. The summed E-state index contributed by atoms with van der Waals surface area (Å²) < 4.78 is 29.7. The monoisotopic (exact) mass is 407 g/mol. The number of benzene rings is 3. The van der Waals surface area contributed by atoms with Gasteiger partial charge >= 0.3 is 5.97 Å². The van der Waals surface area contributed by atoms with Crippen LogP contribution in [0.25, 0.3) is 16.7 Å². The number of carboxylic acid groups (broad SMARTS) is 1. The van der Waals surface area contributed by atoms with E-state index >= 15 is 0 Å². The summed E-state index contributed by atoms with van der Waals surface area (Å²) in [5, 5.41) is 9.22. The minimum absolute atomic E-state index is 0.0461. The van der Waals surface area contributed by atoms with Crippen molar-refractivity contribution in [3.8, 4) is 5.69 Å². The number of carbonyl (C=O) groups is 1. The van der Waals surface area contributed by atoms with E-state index in [1.54, 1.807) is 37.5 Å². The van der Waals surface area contributed by atoms with E-state index in [1.165, 1.54) is 12.1 Å². The van der Waals surface area contributed by atoms with Crippen LogP contribution >= 0.6 is 0 Å². The lowest BCUT2D eigenvalue weighted by Crippen LogP contribution is -2.14. The van der Waals surface area contributed by atoms with E-state index in [0.29, 0.717) is 11.3 Å². The number of imidazole rings is 1. The van der Waals surface area contributed by atoms with Gasteiger partial charge < -0.3 is 5.11 Å². The van der Waals surface area contributed by atoms with Crippen molar-refractivity contribution in [2.45, 2.75) is 11.8 Å². The number of nitrogens with one attached hydrogen (secondary N) is 1. The molecule has 29 heavy (non-hydrogen) atoms. The summed E-state index contributed by atoms with van der Waals surface area (Å²) in [4.78, 5) is 15.5. The molecule has 0 spiro atoms. The molecule has 0 saturated carbocycles. The lowest BCUT2D eigenvalue weighted by atomic mass is 10.1. The zero-order valence-electron chi connectivity index (χ0n) is 15.4. The average molecular weight is 407 g/mol. The van der Waals surface area contributed by atoms with Crippen molar-refractivity contribution in [3.63, 3.8) is 0 Å². The number of aromatic carboxylic acids is 1. The van der Waals surface area contributed by atoms with Crippen LogP contribution in [0.15, 0.2) is 78.0 Å². The number of aryl methyl sites for hydroxylation is 1. The van der Waals surface area contributed by atoms with Crippen molar-refractivity contribution in [2.24, 2.45) is 0 Å². The van der Waals surface area contributed by atoms with Crippen molar-refractivity contribution >= 4 is 32.7 Å². The van der Waals surface area contributed by atoms with Crippen molar-refractivity contribution < 1.29 is 18.3 Å². The molecule has 7 nitrogen and oxygen atoms in total. The van der Waals surface area contributed by atoms with Gasteiger partial charge in [0.15, 0.2) is 0 Å². The predicted octanol–water partition coefficient (Wildman–Crippen LogP) is 3.83. The Labute approximate surface area is 167 Å². The summed E-state index contributed by atoms with van der Waals surface area (Å²) in [5.41, 5.74) is 3.47. The van der Waals surface area contributed by atoms with Gasteiger partial charge in [-0.25, -0.2) is 18.2 Å². The molecule has 3 aromatic carbocycles. The summed E-state index contributed by atoms with van der Waals surface area (Å²) in [7, 11) is -3.92. The molecular formula is C21H17N3O4S. The molecule has 0 atom stereocenters. The van der Waals surface area contributed by atoms with Crippen LogP contribution in [0.4, 0.5) is 5.69 Å². The second-order valence-corrected chi connectivity index (χ2v) is 8.22. The minimum atomic E-state index is -3.92. The zero-order valence-corrected chi connectivity index (χ0v) is 16.2. The van der Waals surface area contributed by atoms with E-state index in [1.807, 2.05) is 28.8 Å². The van der Waals surface area contributed by atoms with E-state index in [0.717, 1.165) is 22.8 Å². The number of hydrogen-bond donors (Lipinski definition) is 2. The zero-order chi connectivity index (χ0) is 20.6. The maximum Gasteiger partial charge on any atom is 0.335 e. The Morgan fingerprint density at radius 3 is 2.48 bits per heavy atom. The number of carboxylic acids is 1. The molecule has 0 aliphatic heterocycles. The first kappa shape index (κ1) is 18.7. The lowest BCUT2D eigenvalue weighted by molar-refractivity contribution is 0.0696. The third-order valence-electron chi connectivity index (χ3n) is 4.60. The molecule has 0 aliphatic rings. The van der Waals surface area contributed by atoms with Crippen LogP contribution in [-0.4, -0.2) is 29.0 Å². The number of hydrogen-bond acceptors (Lipinski definition) is 4. The molecule has 1 aromatic heterocycles. The van der Waals surface area contributed by atoms with E-state index < -0.39 is 16.0 Å². The van der Waals surface area contributed by atoms with Gasteiger partial charge in [0, 0.05) is 11.4 Å². The summed E-state index contributed by atoms with van der Waals surface area (Å²) in [6, 6.07) is 18.6. The Balaban J connectivity index is 1.62. The van der Waals surface area contributed by atoms with Gasteiger partial charge in [0.05, 0.1) is 21.5 Å². The average Bonchev–Trinajstić information content (AvgIpc) is 3.12. The molecule has 0 saturated heterocycles. The first-order valence-corrected chi connectivity index (χ1v) is 10.2. The Morgan fingerprint density at radius 2 is 1.76 bits per heavy atom. The Kier molecular flexibility index (Phi) is 4.56. The summed E-state index contributed by atoms with van der Waals surface area (Å²) in [6.07, 6.45) is 1.71. The highest BCUT2D eigenvalue weighted by Crippen LogP contribution is 2.22. The molecule has 4 aromatic rings. The smallest absolute Gasteiger partial charge is 0.335 e. The van der Waals surface area contributed by atoms with Gasteiger partial charge in [-0.1, -0.05) is 18.2 Å². The van der Waals surface area contributed by atoms with Gasteiger partial charge in [-0.05, 0) is 61.0 Å². The van der Waals surface area contributed by atoms with Gasteiger partial charge in [0.2, 0.25) is 0 Å². The number of fused-ring (bicyclic) bond motifs is 1. The van der Waals surface area contributed by atoms with Gasteiger partial charge in [-0.2, -0.15) is 0 Å². The number of rotatable bonds is 5. The number of para-hydroxylation sites is 2. The molecule has 4 rings (SSSR count). The maximum atomic E-state index is 12.7. The van der Waals surface area contributed by atoms with Crippen LogP contribution in [0.5, 0.6) is 0 Å². The second kappa shape index (κ2) is 7.06. The van der Waals surface area contributed by atoms with Gasteiger partial charge in [-0.3, -0.25) is 9.29 Å². The summed E-state index contributed by atoms with van der Waals surface area (Å²) in [6.45, 7) is 1.62. The van der Waals surface area contributed by atoms with E-state index in [-0.39, 0.29) is 10.5 Å². The third kappa shape index (κ3) is 3.57. The number of aromatic nitrogens is 2. The first-order chi connectivity index (χ1) is 13.8. The Morgan fingerprint density at radius 1 is 1.03 bits per heavy atom. The minimum Gasteiger partial charge on any atom is -0.478 e. The van der Waals surface area contributed by atoms with Crippen LogP contribution in [0, 0.1) is 6.92 Å². The molecule has 0 amide bonds. The van der Waals surface area contributed by atoms with Crippen molar-refractivity contribution in [1.82, 2.24) is 9.55 Å². The highest BCUT2D eigenvalue weighted by molar-refractivity contribution is 7.92. The molecule has 0 aliphatic carbocycles. The molecule has 0 fully saturated rings. The highest BCUT2D eigenvalue weighted by atomic mass is 32.2. The Hall–Kier alpha value is -3.65.